The van der Waals surface area contributed by atoms with Crippen molar-refractivity contribution in [1.82, 2.24) is 4.90 Å². The number of hydrogen-bond donors (Lipinski definition) is 2. The van der Waals surface area contributed by atoms with E-state index in [1.165, 1.54) is 5.56 Å². The number of ether oxygens (including phenoxy) is 1. The molecule has 6 heteroatoms. The number of carbonyl (C=O) groups excluding carboxylic acids is 2. The molecule has 3 rings (SSSR count). The fraction of sp³-hybridized carbons (Fsp3) is 0.346. The van der Waals surface area contributed by atoms with Gasteiger partial charge in [0.05, 0.1) is 13.2 Å². The van der Waals surface area contributed by atoms with E-state index in [0.29, 0.717) is 36.7 Å². The number of nitrogens with zero attached hydrogens (tertiary/aromatic N) is 1. The Labute approximate surface area is 189 Å². The van der Waals surface area contributed by atoms with Gasteiger partial charge in [0.25, 0.3) is 5.91 Å². The minimum atomic E-state index is -0.172. The van der Waals surface area contributed by atoms with E-state index in [0.717, 1.165) is 30.4 Å². The van der Waals surface area contributed by atoms with Crippen LogP contribution < -0.4 is 5.32 Å². The summed E-state index contributed by atoms with van der Waals surface area (Å²) in [7, 11) is 1.77. The SMILES string of the molecule is C#CCN(C)C(=N)c1ccc(NC(=O)c2ccc3c(c2)CCC(CC(=O)OCC)C3)cc1. The van der Waals surface area contributed by atoms with Gasteiger partial charge >= 0.3 is 5.97 Å². The lowest BCUT2D eigenvalue weighted by Gasteiger charge is -2.24. The number of hydrogen-bond acceptors (Lipinski definition) is 4. The van der Waals surface area contributed by atoms with Crippen LogP contribution in [0.15, 0.2) is 42.5 Å². The van der Waals surface area contributed by atoms with Crippen LogP contribution in [0.25, 0.3) is 0 Å². The Bertz CT molecular complexity index is 1040. The number of terminal acetylenes is 1. The molecule has 0 bridgehead atoms. The van der Waals surface area contributed by atoms with Gasteiger partial charge in [-0.1, -0.05) is 12.0 Å². The molecule has 6 nitrogen and oxygen atoms in total. The second kappa shape index (κ2) is 10.6. The molecule has 166 valence electrons. The summed E-state index contributed by atoms with van der Waals surface area (Å²) in [5, 5.41) is 11.1. The molecule has 0 aromatic heterocycles. The van der Waals surface area contributed by atoms with Crippen LogP contribution in [0.3, 0.4) is 0 Å². The molecular formula is C26H29N3O3. The lowest BCUT2D eigenvalue weighted by molar-refractivity contribution is -0.144. The summed E-state index contributed by atoms with van der Waals surface area (Å²) in [6.45, 7) is 2.59. The van der Waals surface area contributed by atoms with E-state index in [9.17, 15) is 9.59 Å². The first-order valence-electron chi connectivity index (χ1n) is 10.8. The van der Waals surface area contributed by atoms with Gasteiger partial charge < -0.3 is 15.0 Å². The van der Waals surface area contributed by atoms with Crippen LogP contribution in [0, 0.1) is 23.7 Å². The monoisotopic (exact) mass is 431 g/mol. The maximum atomic E-state index is 12.7. The highest BCUT2D eigenvalue weighted by atomic mass is 16.5. The highest BCUT2D eigenvalue weighted by Crippen LogP contribution is 2.29. The van der Waals surface area contributed by atoms with Crippen LogP contribution in [-0.4, -0.2) is 42.8 Å². The summed E-state index contributed by atoms with van der Waals surface area (Å²) in [4.78, 5) is 26.2. The molecule has 0 saturated heterocycles. The highest BCUT2D eigenvalue weighted by molar-refractivity contribution is 6.05. The first-order chi connectivity index (χ1) is 15.4. The van der Waals surface area contributed by atoms with Gasteiger partial charge in [0.15, 0.2) is 0 Å². The van der Waals surface area contributed by atoms with E-state index >= 15 is 0 Å². The highest BCUT2D eigenvalue weighted by Gasteiger charge is 2.22. The summed E-state index contributed by atoms with van der Waals surface area (Å²) in [6.07, 6.45) is 8.35. The number of nitrogens with one attached hydrogen (secondary N) is 2. The molecule has 1 aliphatic carbocycles. The minimum absolute atomic E-state index is 0.138. The van der Waals surface area contributed by atoms with Crippen molar-refractivity contribution < 1.29 is 14.3 Å². The summed E-state index contributed by atoms with van der Waals surface area (Å²) in [6, 6.07) is 12.9. The zero-order valence-corrected chi connectivity index (χ0v) is 18.6. The Hall–Kier alpha value is -3.59. The van der Waals surface area contributed by atoms with Crippen molar-refractivity contribution in [3.8, 4) is 12.3 Å². The lowest BCUT2D eigenvalue weighted by Crippen LogP contribution is -2.26. The van der Waals surface area contributed by atoms with Crippen molar-refractivity contribution in [2.24, 2.45) is 5.92 Å². The Morgan fingerprint density at radius 2 is 1.91 bits per heavy atom. The predicted molar refractivity (Wildman–Crippen MR) is 126 cm³/mol. The van der Waals surface area contributed by atoms with Crippen molar-refractivity contribution in [2.45, 2.75) is 32.6 Å². The maximum absolute atomic E-state index is 12.7. The minimum Gasteiger partial charge on any atom is -0.466 e. The second-order valence-corrected chi connectivity index (χ2v) is 8.04. The standard InChI is InChI=1S/C26H29N3O3/c1-4-14-29(3)25(27)19-10-12-23(13-11-19)28-26(31)22-9-8-20-15-18(6-7-21(20)17-22)16-24(30)32-5-2/h1,8-13,17-18,27H,5-7,14-16H2,2-3H3,(H,28,31). The van der Waals surface area contributed by atoms with Crippen molar-refractivity contribution in [2.75, 3.05) is 25.5 Å². The summed E-state index contributed by atoms with van der Waals surface area (Å²) in [5.74, 6) is 2.83. The van der Waals surface area contributed by atoms with E-state index in [-0.39, 0.29) is 17.8 Å². The van der Waals surface area contributed by atoms with Crippen molar-refractivity contribution in [3.05, 3.63) is 64.7 Å². The molecule has 1 atom stereocenters. The molecule has 2 aromatic rings. The summed E-state index contributed by atoms with van der Waals surface area (Å²) < 4.78 is 5.07. The fourth-order valence-electron chi connectivity index (χ4n) is 3.95. The van der Waals surface area contributed by atoms with Gasteiger partial charge in [-0.15, -0.1) is 6.42 Å². The molecule has 0 radical (unpaired) electrons. The van der Waals surface area contributed by atoms with Crippen molar-refractivity contribution in [1.29, 1.82) is 5.41 Å². The first kappa shape index (κ1) is 23.1. The molecule has 2 N–H and O–H groups in total. The quantitative estimate of drug-likeness (QED) is 0.302. The molecule has 1 unspecified atom stereocenters. The van der Waals surface area contributed by atoms with E-state index in [2.05, 4.69) is 11.2 Å². The number of aryl methyl sites for hydroxylation is 1. The van der Waals surface area contributed by atoms with Gasteiger partial charge in [0.1, 0.15) is 5.84 Å². The van der Waals surface area contributed by atoms with Crippen LogP contribution in [0.1, 0.15) is 46.8 Å². The van der Waals surface area contributed by atoms with Gasteiger partial charge in [-0.25, -0.2) is 0 Å². The molecule has 0 saturated carbocycles. The van der Waals surface area contributed by atoms with Crippen LogP contribution in [0.4, 0.5) is 5.69 Å². The van der Waals surface area contributed by atoms with Gasteiger partial charge in [0, 0.05) is 30.3 Å². The predicted octanol–water partition coefficient (Wildman–Crippen LogP) is 3.89. The Morgan fingerprint density at radius 3 is 2.59 bits per heavy atom. The van der Waals surface area contributed by atoms with Crippen LogP contribution in [0.5, 0.6) is 0 Å². The lowest BCUT2D eigenvalue weighted by atomic mass is 9.81. The van der Waals surface area contributed by atoms with E-state index in [1.54, 1.807) is 36.2 Å². The number of fused-ring (bicyclic) bond motifs is 1. The summed E-state index contributed by atoms with van der Waals surface area (Å²) >= 11 is 0. The van der Waals surface area contributed by atoms with Gasteiger partial charge in [-0.2, -0.15) is 0 Å². The van der Waals surface area contributed by atoms with Gasteiger partial charge in [0.2, 0.25) is 0 Å². The number of amides is 1. The Kier molecular flexibility index (Phi) is 7.67. The number of carbonyl (C=O) groups is 2. The molecule has 32 heavy (non-hydrogen) atoms. The zero-order valence-electron chi connectivity index (χ0n) is 18.6. The van der Waals surface area contributed by atoms with Crippen LogP contribution in [0.2, 0.25) is 0 Å². The zero-order chi connectivity index (χ0) is 23.1. The third-order valence-electron chi connectivity index (χ3n) is 5.69. The third kappa shape index (κ3) is 5.76. The number of amidine groups is 1. The smallest absolute Gasteiger partial charge is 0.306 e. The Balaban J connectivity index is 1.61. The topological polar surface area (TPSA) is 82.5 Å². The van der Waals surface area contributed by atoms with E-state index in [1.807, 2.05) is 25.1 Å². The van der Waals surface area contributed by atoms with Crippen LogP contribution in [-0.2, 0) is 22.4 Å². The molecule has 1 amide bonds. The number of anilines is 1. The van der Waals surface area contributed by atoms with Crippen molar-refractivity contribution >= 4 is 23.4 Å². The van der Waals surface area contributed by atoms with Gasteiger partial charge in [-0.3, -0.25) is 15.0 Å². The third-order valence-corrected chi connectivity index (χ3v) is 5.69. The summed E-state index contributed by atoms with van der Waals surface area (Å²) in [5.41, 5.74) is 4.36. The molecule has 1 aliphatic rings. The molecule has 0 aliphatic heterocycles. The Morgan fingerprint density at radius 1 is 1.19 bits per heavy atom. The average molecular weight is 432 g/mol. The van der Waals surface area contributed by atoms with E-state index < -0.39 is 0 Å². The van der Waals surface area contributed by atoms with Crippen LogP contribution >= 0.6 is 0 Å². The van der Waals surface area contributed by atoms with E-state index in [4.69, 9.17) is 16.6 Å². The molecule has 0 spiro atoms. The molecule has 0 heterocycles. The first-order valence-corrected chi connectivity index (χ1v) is 10.8. The molecule has 2 aromatic carbocycles. The molecular weight excluding hydrogens is 402 g/mol. The number of esters is 1. The normalized spacial score (nSPS) is 14.6. The average Bonchev–Trinajstić information content (AvgIpc) is 2.79. The fourth-order valence-corrected chi connectivity index (χ4v) is 3.95. The van der Waals surface area contributed by atoms with Gasteiger partial charge in [-0.05, 0) is 79.6 Å². The largest absolute Gasteiger partial charge is 0.466 e. The number of rotatable bonds is 7. The van der Waals surface area contributed by atoms with Crippen molar-refractivity contribution in [3.63, 3.8) is 0 Å². The second-order valence-electron chi connectivity index (χ2n) is 8.04. The number of benzene rings is 2. The molecule has 0 fully saturated rings. The maximum Gasteiger partial charge on any atom is 0.306 e.